The number of amides is 1. The van der Waals surface area contributed by atoms with E-state index in [0.29, 0.717) is 10.7 Å². The number of phenols is 2. The largest absolute Gasteiger partial charge is 0.508 e. The monoisotopic (exact) mass is 263 g/mol. The first-order valence-electron chi connectivity index (χ1n) is 5.14. The maximum absolute atomic E-state index is 11.9. The Labute approximate surface area is 108 Å². The number of benzene rings is 2. The molecule has 2 aromatic rings. The van der Waals surface area contributed by atoms with Crippen molar-refractivity contribution in [3.63, 3.8) is 0 Å². The summed E-state index contributed by atoms with van der Waals surface area (Å²) >= 11 is 5.79. The van der Waals surface area contributed by atoms with Gasteiger partial charge in [-0.1, -0.05) is 17.7 Å². The average Bonchev–Trinajstić information content (AvgIpc) is 2.27. The molecular formula is C13H10ClNO3. The van der Waals surface area contributed by atoms with E-state index in [1.54, 1.807) is 24.3 Å². The zero-order valence-corrected chi connectivity index (χ0v) is 9.98. The summed E-state index contributed by atoms with van der Waals surface area (Å²) in [5, 5.41) is 21.7. The molecule has 0 spiro atoms. The van der Waals surface area contributed by atoms with E-state index < -0.39 is 5.91 Å². The molecule has 0 aliphatic rings. The van der Waals surface area contributed by atoms with Crippen LogP contribution in [-0.2, 0) is 0 Å². The lowest BCUT2D eigenvalue weighted by molar-refractivity contribution is 0.102. The minimum atomic E-state index is -0.441. The molecule has 0 unspecified atom stereocenters. The van der Waals surface area contributed by atoms with Crippen LogP contribution in [0.1, 0.15) is 10.4 Å². The number of hydrogen-bond donors (Lipinski definition) is 3. The number of anilines is 1. The van der Waals surface area contributed by atoms with Crippen molar-refractivity contribution in [3.05, 3.63) is 53.1 Å². The fourth-order valence-electron chi connectivity index (χ4n) is 1.50. The first kappa shape index (κ1) is 12.3. The molecule has 0 aliphatic heterocycles. The molecule has 18 heavy (non-hydrogen) atoms. The van der Waals surface area contributed by atoms with Crippen molar-refractivity contribution in [3.8, 4) is 11.5 Å². The highest BCUT2D eigenvalue weighted by Crippen LogP contribution is 2.22. The van der Waals surface area contributed by atoms with Crippen LogP contribution in [0.15, 0.2) is 42.5 Å². The molecule has 3 N–H and O–H groups in total. The second-order valence-electron chi connectivity index (χ2n) is 3.70. The molecule has 5 heteroatoms. The van der Waals surface area contributed by atoms with E-state index in [2.05, 4.69) is 5.32 Å². The molecule has 92 valence electrons. The predicted molar refractivity (Wildman–Crippen MR) is 69.2 cm³/mol. The van der Waals surface area contributed by atoms with Gasteiger partial charge < -0.3 is 15.5 Å². The Hall–Kier alpha value is -2.20. The molecular weight excluding hydrogens is 254 g/mol. The Balaban J connectivity index is 2.22. The molecule has 1 amide bonds. The van der Waals surface area contributed by atoms with Gasteiger partial charge in [0.2, 0.25) is 0 Å². The molecule has 0 fully saturated rings. The predicted octanol–water partition coefficient (Wildman–Crippen LogP) is 3.00. The van der Waals surface area contributed by atoms with Crippen molar-refractivity contribution in [2.24, 2.45) is 0 Å². The first-order chi connectivity index (χ1) is 8.54. The smallest absolute Gasteiger partial charge is 0.255 e. The van der Waals surface area contributed by atoms with Crippen LogP contribution in [-0.4, -0.2) is 16.1 Å². The van der Waals surface area contributed by atoms with Crippen LogP contribution in [0, 0.1) is 0 Å². The zero-order chi connectivity index (χ0) is 13.1. The van der Waals surface area contributed by atoms with E-state index in [0.717, 1.165) is 6.07 Å². The van der Waals surface area contributed by atoms with Crippen LogP contribution < -0.4 is 5.32 Å². The molecule has 0 aliphatic carbocycles. The van der Waals surface area contributed by atoms with E-state index in [-0.39, 0.29) is 17.1 Å². The van der Waals surface area contributed by atoms with Gasteiger partial charge in [0.1, 0.15) is 11.5 Å². The molecule has 0 saturated heterocycles. The minimum Gasteiger partial charge on any atom is -0.508 e. The lowest BCUT2D eigenvalue weighted by Gasteiger charge is -2.06. The van der Waals surface area contributed by atoms with Crippen LogP contribution >= 0.6 is 11.6 Å². The standard InChI is InChI=1S/C13H10ClNO3/c14-9-2-1-3-10(6-9)15-13(18)8-4-11(16)7-12(17)5-8/h1-7,16-17H,(H,15,18). The molecule has 0 bridgehead atoms. The summed E-state index contributed by atoms with van der Waals surface area (Å²) in [4.78, 5) is 11.9. The lowest BCUT2D eigenvalue weighted by Crippen LogP contribution is -2.11. The van der Waals surface area contributed by atoms with Crippen molar-refractivity contribution in [2.75, 3.05) is 5.32 Å². The number of hydrogen-bond acceptors (Lipinski definition) is 3. The summed E-state index contributed by atoms with van der Waals surface area (Å²) in [6, 6.07) is 10.4. The number of phenolic OH excluding ortho intramolecular Hbond substituents is 2. The Morgan fingerprint density at radius 1 is 1.06 bits per heavy atom. The summed E-state index contributed by atoms with van der Waals surface area (Å²) in [6.45, 7) is 0. The van der Waals surface area contributed by atoms with Crippen LogP contribution in [0.2, 0.25) is 5.02 Å². The third-order valence-corrected chi connectivity index (χ3v) is 2.48. The third kappa shape index (κ3) is 2.93. The molecule has 4 nitrogen and oxygen atoms in total. The van der Waals surface area contributed by atoms with Crippen LogP contribution in [0.25, 0.3) is 0 Å². The van der Waals surface area contributed by atoms with Crippen molar-refractivity contribution >= 4 is 23.2 Å². The number of halogens is 1. The van der Waals surface area contributed by atoms with Gasteiger partial charge in [-0.05, 0) is 30.3 Å². The number of aromatic hydroxyl groups is 2. The van der Waals surface area contributed by atoms with Crippen molar-refractivity contribution in [2.45, 2.75) is 0 Å². The van der Waals surface area contributed by atoms with Crippen molar-refractivity contribution in [1.82, 2.24) is 0 Å². The second kappa shape index (κ2) is 4.98. The van der Waals surface area contributed by atoms with Gasteiger partial charge in [0.05, 0.1) is 0 Å². The third-order valence-electron chi connectivity index (χ3n) is 2.25. The van der Waals surface area contributed by atoms with Crippen molar-refractivity contribution in [1.29, 1.82) is 0 Å². The fourth-order valence-corrected chi connectivity index (χ4v) is 1.69. The number of rotatable bonds is 2. The minimum absolute atomic E-state index is 0.160. The van der Waals surface area contributed by atoms with Gasteiger partial charge in [0, 0.05) is 22.3 Å². The van der Waals surface area contributed by atoms with Gasteiger partial charge in [-0.3, -0.25) is 4.79 Å². The molecule has 2 aromatic carbocycles. The Morgan fingerprint density at radius 3 is 2.33 bits per heavy atom. The van der Waals surface area contributed by atoms with Gasteiger partial charge >= 0.3 is 0 Å². The highest BCUT2D eigenvalue weighted by atomic mass is 35.5. The average molecular weight is 264 g/mol. The van der Waals surface area contributed by atoms with E-state index in [1.807, 2.05) is 0 Å². The van der Waals surface area contributed by atoms with E-state index in [4.69, 9.17) is 11.6 Å². The van der Waals surface area contributed by atoms with E-state index >= 15 is 0 Å². The SMILES string of the molecule is O=C(Nc1cccc(Cl)c1)c1cc(O)cc(O)c1. The fraction of sp³-hybridized carbons (Fsp3) is 0. The summed E-state index contributed by atoms with van der Waals surface area (Å²) in [5.41, 5.74) is 0.697. The van der Waals surface area contributed by atoms with Crippen LogP contribution in [0.4, 0.5) is 5.69 Å². The number of carbonyl (C=O) groups is 1. The van der Waals surface area contributed by atoms with Gasteiger partial charge in [0.25, 0.3) is 5.91 Å². The van der Waals surface area contributed by atoms with E-state index in [1.165, 1.54) is 12.1 Å². The molecule has 0 saturated carbocycles. The van der Waals surface area contributed by atoms with Crippen LogP contribution in [0.5, 0.6) is 11.5 Å². The summed E-state index contributed by atoms with van der Waals surface area (Å²) in [5.74, 6) is -0.791. The highest BCUT2D eigenvalue weighted by Gasteiger charge is 2.09. The summed E-state index contributed by atoms with van der Waals surface area (Å²) in [6.07, 6.45) is 0. The normalized spacial score (nSPS) is 10.1. The summed E-state index contributed by atoms with van der Waals surface area (Å²) in [7, 11) is 0. The molecule has 0 aromatic heterocycles. The quantitative estimate of drug-likeness (QED) is 0.780. The van der Waals surface area contributed by atoms with Crippen molar-refractivity contribution < 1.29 is 15.0 Å². The van der Waals surface area contributed by atoms with Gasteiger partial charge in [-0.15, -0.1) is 0 Å². The zero-order valence-electron chi connectivity index (χ0n) is 9.22. The van der Waals surface area contributed by atoms with E-state index in [9.17, 15) is 15.0 Å². The topological polar surface area (TPSA) is 69.6 Å². The maximum Gasteiger partial charge on any atom is 0.255 e. The highest BCUT2D eigenvalue weighted by molar-refractivity contribution is 6.30. The lowest BCUT2D eigenvalue weighted by atomic mass is 10.2. The number of nitrogens with one attached hydrogen (secondary N) is 1. The maximum atomic E-state index is 11.9. The number of carbonyl (C=O) groups excluding carboxylic acids is 1. The van der Waals surface area contributed by atoms with Gasteiger partial charge in [-0.25, -0.2) is 0 Å². The Bertz CT molecular complexity index is 578. The van der Waals surface area contributed by atoms with Crippen LogP contribution in [0.3, 0.4) is 0 Å². The molecule has 0 heterocycles. The molecule has 2 rings (SSSR count). The Morgan fingerprint density at radius 2 is 1.72 bits per heavy atom. The first-order valence-corrected chi connectivity index (χ1v) is 5.52. The second-order valence-corrected chi connectivity index (χ2v) is 4.14. The van der Waals surface area contributed by atoms with Gasteiger partial charge in [0.15, 0.2) is 0 Å². The van der Waals surface area contributed by atoms with Gasteiger partial charge in [-0.2, -0.15) is 0 Å². The molecule has 0 radical (unpaired) electrons. The Kier molecular flexibility index (Phi) is 3.39. The molecule has 0 atom stereocenters. The summed E-state index contributed by atoms with van der Waals surface area (Å²) < 4.78 is 0.